The van der Waals surface area contributed by atoms with Crippen molar-refractivity contribution in [2.75, 3.05) is 25.5 Å². The summed E-state index contributed by atoms with van der Waals surface area (Å²) in [6.07, 6.45) is -1.22. The third kappa shape index (κ3) is 2.78. The van der Waals surface area contributed by atoms with E-state index in [0.717, 1.165) is 28.5 Å². The molecule has 0 amide bonds. The van der Waals surface area contributed by atoms with Crippen LogP contribution in [0.25, 0.3) is 0 Å². The summed E-state index contributed by atoms with van der Waals surface area (Å²) in [4.78, 5) is 0.133. The summed E-state index contributed by atoms with van der Waals surface area (Å²) in [7, 11) is -2.69. The van der Waals surface area contributed by atoms with Crippen LogP contribution < -0.4 is 5.32 Å². The number of alkyl halides is 2. The molecule has 1 heterocycles. The summed E-state index contributed by atoms with van der Waals surface area (Å²) in [5, 5.41) is 3.19. The van der Waals surface area contributed by atoms with Gasteiger partial charge in [0, 0.05) is 19.3 Å². The van der Waals surface area contributed by atoms with Gasteiger partial charge in [-0.1, -0.05) is 6.07 Å². The van der Waals surface area contributed by atoms with Crippen molar-refractivity contribution in [2.45, 2.75) is 31.1 Å². The molecule has 20 heavy (non-hydrogen) atoms. The van der Waals surface area contributed by atoms with Gasteiger partial charge in [-0.3, -0.25) is 0 Å². The van der Waals surface area contributed by atoms with Crippen molar-refractivity contribution in [1.29, 1.82) is 0 Å². The second-order valence-electron chi connectivity index (χ2n) is 4.94. The van der Waals surface area contributed by atoms with Gasteiger partial charge in [0.2, 0.25) is 10.0 Å². The van der Waals surface area contributed by atoms with Crippen molar-refractivity contribution in [3.8, 4) is 0 Å². The molecule has 1 aromatic rings. The molecule has 1 N–H and O–H groups in total. The number of nitrogens with one attached hydrogen (secondary N) is 1. The Morgan fingerprint density at radius 2 is 2.10 bits per heavy atom. The normalized spacial score (nSPS) is 15.3. The standard InChI is InChI=1S/C13H18F2N2O2S/c1-9-5-6-11(10-4-3-7-16-13(9)10)20(18,19)17(2)8-12(14)15/h5-6,12,16H,3-4,7-8H2,1-2H3. The molecule has 112 valence electrons. The Morgan fingerprint density at radius 1 is 1.40 bits per heavy atom. The van der Waals surface area contributed by atoms with Crippen LogP contribution >= 0.6 is 0 Å². The summed E-state index contributed by atoms with van der Waals surface area (Å²) in [6, 6.07) is 3.22. The summed E-state index contributed by atoms with van der Waals surface area (Å²) in [6.45, 7) is 1.90. The van der Waals surface area contributed by atoms with Crippen LogP contribution in [0.2, 0.25) is 0 Å². The van der Waals surface area contributed by atoms with E-state index >= 15 is 0 Å². The van der Waals surface area contributed by atoms with E-state index < -0.39 is 23.0 Å². The molecule has 1 aliphatic heterocycles. The van der Waals surface area contributed by atoms with Crippen molar-refractivity contribution in [1.82, 2.24) is 4.31 Å². The molecule has 0 unspecified atom stereocenters. The number of benzene rings is 1. The average Bonchev–Trinajstić information content (AvgIpc) is 2.38. The Hall–Kier alpha value is -1.21. The van der Waals surface area contributed by atoms with Gasteiger partial charge < -0.3 is 5.32 Å². The van der Waals surface area contributed by atoms with E-state index in [1.165, 1.54) is 13.1 Å². The van der Waals surface area contributed by atoms with E-state index in [4.69, 9.17) is 0 Å². The van der Waals surface area contributed by atoms with E-state index in [9.17, 15) is 17.2 Å². The summed E-state index contributed by atoms with van der Waals surface area (Å²) in [5.74, 6) is 0. The SMILES string of the molecule is Cc1ccc(S(=O)(=O)N(C)CC(F)F)c2c1NCCC2. The minimum atomic E-state index is -3.88. The Bertz CT molecular complexity index is 603. The Morgan fingerprint density at radius 3 is 2.75 bits per heavy atom. The van der Waals surface area contributed by atoms with Crippen molar-refractivity contribution in [2.24, 2.45) is 0 Å². The molecule has 0 saturated heterocycles. The van der Waals surface area contributed by atoms with Crippen LogP contribution in [0.3, 0.4) is 0 Å². The second kappa shape index (κ2) is 5.65. The van der Waals surface area contributed by atoms with Crippen LogP contribution in [-0.4, -0.2) is 39.3 Å². The fourth-order valence-electron chi connectivity index (χ4n) is 2.42. The highest BCUT2D eigenvalue weighted by molar-refractivity contribution is 7.89. The third-order valence-electron chi connectivity index (χ3n) is 3.47. The second-order valence-corrected chi connectivity index (χ2v) is 6.95. The Kier molecular flexibility index (Phi) is 4.29. The summed E-state index contributed by atoms with van der Waals surface area (Å²) < 4.78 is 50.4. The molecule has 0 spiro atoms. The lowest BCUT2D eigenvalue weighted by atomic mass is 10.00. The number of sulfonamides is 1. The molecule has 0 radical (unpaired) electrons. The van der Waals surface area contributed by atoms with Gasteiger partial charge in [-0.25, -0.2) is 17.2 Å². The van der Waals surface area contributed by atoms with Crippen LogP contribution in [0.4, 0.5) is 14.5 Å². The van der Waals surface area contributed by atoms with E-state index in [-0.39, 0.29) is 4.90 Å². The number of rotatable bonds is 4. The van der Waals surface area contributed by atoms with Crippen LogP contribution in [-0.2, 0) is 16.4 Å². The lowest BCUT2D eigenvalue weighted by Gasteiger charge is -2.25. The quantitative estimate of drug-likeness (QED) is 0.928. The van der Waals surface area contributed by atoms with Crippen LogP contribution in [0, 0.1) is 6.92 Å². The van der Waals surface area contributed by atoms with E-state index in [1.54, 1.807) is 6.07 Å². The molecule has 7 heteroatoms. The van der Waals surface area contributed by atoms with Crippen LogP contribution in [0.1, 0.15) is 17.5 Å². The highest BCUT2D eigenvalue weighted by atomic mass is 32.2. The molecular weight excluding hydrogens is 286 g/mol. The van der Waals surface area contributed by atoms with Gasteiger partial charge in [0.05, 0.1) is 11.4 Å². The van der Waals surface area contributed by atoms with Gasteiger partial charge in [-0.15, -0.1) is 0 Å². The smallest absolute Gasteiger partial charge is 0.252 e. The first kappa shape index (κ1) is 15.2. The number of halogens is 2. The maximum Gasteiger partial charge on any atom is 0.252 e. The van der Waals surface area contributed by atoms with Gasteiger partial charge >= 0.3 is 0 Å². The number of nitrogens with zero attached hydrogens (tertiary/aromatic N) is 1. The topological polar surface area (TPSA) is 49.4 Å². The lowest BCUT2D eigenvalue weighted by molar-refractivity contribution is 0.126. The molecule has 0 fully saturated rings. The van der Waals surface area contributed by atoms with Crippen molar-refractivity contribution in [3.05, 3.63) is 23.3 Å². The Balaban J connectivity index is 2.47. The third-order valence-corrected chi connectivity index (χ3v) is 5.37. The predicted molar refractivity (Wildman–Crippen MR) is 73.8 cm³/mol. The van der Waals surface area contributed by atoms with E-state index in [0.29, 0.717) is 12.0 Å². The monoisotopic (exact) mass is 304 g/mol. The van der Waals surface area contributed by atoms with Gasteiger partial charge in [-0.05, 0) is 37.0 Å². The van der Waals surface area contributed by atoms with Gasteiger partial charge in [0.1, 0.15) is 0 Å². The average molecular weight is 304 g/mol. The molecule has 0 bridgehead atoms. The lowest BCUT2D eigenvalue weighted by Crippen LogP contribution is -2.32. The number of hydrogen-bond donors (Lipinski definition) is 1. The minimum absolute atomic E-state index is 0.133. The van der Waals surface area contributed by atoms with E-state index in [2.05, 4.69) is 5.32 Å². The number of fused-ring (bicyclic) bond motifs is 1. The van der Waals surface area contributed by atoms with Gasteiger partial charge in [0.25, 0.3) is 6.43 Å². The zero-order chi connectivity index (χ0) is 14.9. The molecule has 0 aromatic heterocycles. The van der Waals surface area contributed by atoms with Crippen molar-refractivity contribution < 1.29 is 17.2 Å². The fourth-order valence-corrected chi connectivity index (χ4v) is 3.82. The van der Waals surface area contributed by atoms with Crippen molar-refractivity contribution >= 4 is 15.7 Å². The highest BCUT2D eigenvalue weighted by Gasteiger charge is 2.28. The van der Waals surface area contributed by atoms with Crippen LogP contribution in [0.15, 0.2) is 17.0 Å². The molecule has 1 aromatic carbocycles. The largest absolute Gasteiger partial charge is 0.385 e. The zero-order valence-electron chi connectivity index (χ0n) is 11.5. The summed E-state index contributed by atoms with van der Waals surface area (Å²) >= 11 is 0. The molecule has 0 aliphatic carbocycles. The highest BCUT2D eigenvalue weighted by Crippen LogP contribution is 2.32. The van der Waals surface area contributed by atoms with Gasteiger partial charge in [-0.2, -0.15) is 4.31 Å². The number of hydrogen-bond acceptors (Lipinski definition) is 3. The van der Waals surface area contributed by atoms with Crippen LogP contribution in [0.5, 0.6) is 0 Å². The molecule has 0 saturated carbocycles. The predicted octanol–water partition coefficient (Wildman–Crippen LogP) is 2.24. The molecule has 0 atom stereocenters. The first-order valence-corrected chi connectivity index (χ1v) is 7.89. The van der Waals surface area contributed by atoms with Gasteiger partial charge in [0.15, 0.2) is 0 Å². The fraction of sp³-hybridized carbons (Fsp3) is 0.538. The molecular formula is C13H18F2N2O2S. The maximum absolute atomic E-state index is 12.4. The first-order valence-electron chi connectivity index (χ1n) is 6.45. The molecule has 2 rings (SSSR count). The zero-order valence-corrected chi connectivity index (χ0v) is 12.3. The minimum Gasteiger partial charge on any atom is -0.385 e. The first-order chi connectivity index (χ1) is 9.34. The Labute approximate surface area is 117 Å². The molecule has 1 aliphatic rings. The van der Waals surface area contributed by atoms with E-state index in [1.807, 2.05) is 6.92 Å². The molecule has 4 nitrogen and oxygen atoms in total. The maximum atomic E-state index is 12.4. The summed E-state index contributed by atoms with van der Waals surface area (Å²) in [5.41, 5.74) is 2.50. The number of anilines is 1. The van der Waals surface area contributed by atoms with Crippen molar-refractivity contribution in [3.63, 3.8) is 0 Å². The number of aryl methyl sites for hydroxylation is 1.